The summed E-state index contributed by atoms with van der Waals surface area (Å²) in [7, 11) is 0. The highest BCUT2D eigenvalue weighted by Crippen LogP contribution is 2.21. The van der Waals surface area contributed by atoms with Crippen LogP contribution in [0.1, 0.15) is 26.2 Å². The van der Waals surface area contributed by atoms with Gasteiger partial charge in [0, 0.05) is 19.0 Å². The van der Waals surface area contributed by atoms with Gasteiger partial charge in [0.05, 0.1) is 0 Å². The van der Waals surface area contributed by atoms with E-state index in [1.165, 1.54) is 0 Å². The molecule has 0 fully saturated rings. The van der Waals surface area contributed by atoms with Crippen molar-refractivity contribution in [3.8, 4) is 0 Å². The maximum absolute atomic E-state index is 11.7. The second kappa shape index (κ2) is 7.27. The van der Waals surface area contributed by atoms with Crippen LogP contribution < -0.4 is 5.32 Å². The predicted molar refractivity (Wildman–Crippen MR) is 54.2 cm³/mol. The van der Waals surface area contributed by atoms with Crippen molar-refractivity contribution in [2.24, 2.45) is 0 Å². The van der Waals surface area contributed by atoms with E-state index in [1.54, 1.807) is 6.92 Å². The molecule has 0 heterocycles. The van der Waals surface area contributed by atoms with Gasteiger partial charge in [-0.3, -0.25) is 0 Å². The van der Waals surface area contributed by atoms with Gasteiger partial charge in [-0.05, 0) is 26.3 Å². The Bertz CT molecular complexity index is 249. The van der Waals surface area contributed by atoms with Gasteiger partial charge in [-0.1, -0.05) is 5.57 Å². The van der Waals surface area contributed by atoms with Crippen LogP contribution in [0.4, 0.5) is 13.2 Å². The Balaban J connectivity index is 3.44. The molecule has 0 radical (unpaired) electrons. The van der Waals surface area contributed by atoms with E-state index in [0.717, 1.165) is 6.08 Å². The Kier molecular flexibility index (Phi) is 6.80. The number of carboxylic acids is 1. The number of unbranched alkanes of at least 4 members (excludes halogenated alkanes) is 1. The van der Waals surface area contributed by atoms with Gasteiger partial charge in [-0.2, -0.15) is 13.2 Å². The van der Waals surface area contributed by atoms with Crippen molar-refractivity contribution in [3.63, 3.8) is 0 Å². The molecule has 0 aliphatic carbocycles. The minimum Gasteiger partial charge on any atom is -0.478 e. The van der Waals surface area contributed by atoms with Crippen LogP contribution in [-0.4, -0.2) is 30.3 Å². The van der Waals surface area contributed by atoms with Crippen molar-refractivity contribution >= 4 is 5.97 Å². The molecule has 0 amide bonds. The lowest BCUT2D eigenvalue weighted by atomic mass is 10.2. The van der Waals surface area contributed by atoms with E-state index in [0.29, 0.717) is 25.1 Å². The molecule has 0 saturated heterocycles. The normalized spacial score (nSPS) is 12.9. The second-order valence-electron chi connectivity index (χ2n) is 3.58. The highest BCUT2D eigenvalue weighted by molar-refractivity contribution is 5.80. The third-order valence-corrected chi connectivity index (χ3v) is 1.84. The first-order chi connectivity index (χ1) is 7.31. The fraction of sp³-hybridized carbons (Fsp3) is 0.700. The van der Waals surface area contributed by atoms with Gasteiger partial charge in [-0.15, -0.1) is 0 Å². The predicted octanol–water partition coefficient (Wildman–Crippen LogP) is 2.34. The highest BCUT2D eigenvalue weighted by atomic mass is 19.4. The van der Waals surface area contributed by atoms with Crippen molar-refractivity contribution < 1.29 is 23.1 Å². The lowest BCUT2D eigenvalue weighted by molar-refractivity contribution is -0.135. The molecule has 0 aliphatic heterocycles. The first-order valence-corrected chi connectivity index (χ1v) is 4.99. The van der Waals surface area contributed by atoms with E-state index in [1.807, 2.05) is 0 Å². The van der Waals surface area contributed by atoms with Gasteiger partial charge in [0.25, 0.3) is 0 Å². The zero-order chi connectivity index (χ0) is 12.6. The van der Waals surface area contributed by atoms with Crippen LogP contribution in [0.3, 0.4) is 0 Å². The van der Waals surface area contributed by atoms with Crippen LogP contribution in [0, 0.1) is 0 Å². The number of nitrogens with one attached hydrogen (secondary N) is 1. The van der Waals surface area contributed by atoms with Crippen molar-refractivity contribution in [1.29, 1.82) is 0 Å². The molecular weight excluding hydrogens is 223 g/mol. The molecular formula is C10H16F3NO2. The summed E-state index contributed by atoms with van der Waals surface area (Å²) in [6.07, 6.45) is -3.25. The number of hydrogen-bond donors (Lipinski definition) is 2. The van der Waals surface area contributed by atoms with Crippen LogP contribution in [0.2, 0.25) is 0 Å². The summed E-state index contributed by atoms with van der Waals surface area (Å²) in [4.78, 5) is 10.2. The van der Waals surface area contributed by atoms with Gasteiger partial charge in [0.1, 0.15) is 0 Å². The van der Waals surface area contributed by atoms with Crippen LogP contribution in [-0.2, 0) is 4.79 Å². The zero-order valence-electron chi connectivity index (χ0n) is 9.10. The van der Waals surface area contributed by atoms with E-state index in [9.17, 15) is 18.0 Å². The van der Waals surface area contributed by atoms with Gasteiger partial charge in [-0.25, -0.2) is 4.79 Å². The Labute approximate surface area is 92.3 Å². The van der Waals surface area contributed by atoms with Crippen molar-refractivity contribution in [2.75, 3.05) is 13.1 Å². The third kappa shape index (κ3) is 11.0. The lowest BCUT2D eigenvalue weighted by Gasteiger charge is -2.06. The molecule has 0 spiro atoms. The molecule has 0 aromatic heterocycles. The maximum Gasteiger partial charge on any atom is 0.389 e. The van der Waals surface area contributed by atoms with Crippen LogP contribution in [0.5, 0.6) is 0 Å². The van der Waals surface area contributed by atoms with Crippen LogP contribution in [0.15, 0.2) is 11.6 Å². The monoisotopic (exact) mass is 239 g/mol. The number of aliphatic carboxylic acids is 1. The molecule has 3 nitrogen and oxygen atoms in total. The summed E-state index contributed by atoms with van der Waals surface area (Å²) in [6.45, 7) is 2.50. The average Bonchev–Trinajstić information content (AvgIpc) is 2.07. The van der Waals surface area contributed by atoms with Crippen LogP contribution in [0.25, 0.3) is 0 Å². The number of carboxylic acid groups (broad SMARTS) is 1. The van der Waals surface area contributed by atoms with Gasteiger partial charge in [0.15, 0.2) is 0 Å². The molecule has 16 heavy (non-hydrogen) atoms. The van der Waals surface area contributed by atoms with Crippen LogP contribution >= 0.6 is 0 Å². The quantitative estimate of drug-likeness (QED) is 0.529. The van der Waals surface area contributed by atoms with E-state index in [4.69, 9.17) is 5.11 Å². The SMILES string of the molecule is CC(=CC(=O)O)CNCCCCC(F)(F)F. The lowest BCUT2D eigenvalue weighted by Crippen LogP contribution is -2.18. The van der Waals surface area contributed by atoms with Gasteiger partial charge >= 0.3 is 12.1 Å². The molecule has 6 heteroatoms. The van der Waals surface area contributed by atoms with Crippen molar-refractivity contribution in [1.82, 2.24) is 5.32 Å². The first kappa shape index (κ1) is 15.0. The molecule has 94 valence electrons. The minimum atomic E-state index is -4.08. The van der Waals surface area contributed by atoms with E-state index in [-0.39, 0.29) is 6.42 Å². The number of rotatable bonds is 7. The summed E-state index contributed by atoms with van der Waals surface area (Å²) in [6, 6.07) is 0. The molecule has 0 saturated carbocycles. The number of hydrogen-bond acceptors (Lipinski definition) is 2. The fourth-order valence-corrected chi connectivity index (χ4v) is 1.12. The molecule has 0 atom stereocenters. The maximum atomic E-state index is 11.7. The van der Waals surface area contributed by atoms with E-state index < -0.39 is 18.6 Å². The number of carbonyl (C=O) groups is 1. The van der Waals surface area contributed by atoms with E-state index in [2.05, 4.69) is 5.32 Å². The molecule has 0 rings (SSSR count). The summed E-state index contributed by atoms with van der Waals surface area (Å²) in [5.74, 6) is -1.02. The Morgan fingerprint density at radius 3 is 2.50 bits per heavy atom. The van der Waals surface area contributed by atoms with Crippen molar-refractivity contribution in [2.45, 2.75) is 32.4 Å². The average molecular weight is 239 g/mol. The molecule has 0 bridgehead atoms. The van der Waals surface area contributed by atoms with E-state index >= 15 is 0 Å². The molecule has 2 N–H and O–H groups in total. The zero-order valence-corrected chi connectivity index (χ0v) is 9.10. The second-order valence-corrected chi connectivity index (χ2v) is 3.58. The Morgan fingerprint density at radius 2 is 2.00 bits per heavy atom. The fourth-order valence-electron chi connectivity index (χ4n) is 1.12. The standard InChI is InChI=1S/C10H16F3NO2/c1-8(6-9(15)16)7-14-5-3-2-4-10(11,12)13/h6,14H,2-5,7H2,1H3,(H,15,16). The smallest absolute Gasteiger partial charge is 0.389 e. The molecule has 0 unspecified atom stereocenters. The Morgan fingerprint density at radius 1 is 1.38 bits per heavy atom. The van der Waals surface area contributed by atoms with Gasteiger partial charge < -0.3 is 10.4 Å². The molecule has 0 aromatic carbocycles. The largest absolute Gasteiger partial charge is 0.478 e. The summed E-state index contributed by atoms with van der Waals surface area (Å²) in [5.41, 5.74) is 0.642. The summed E-state index contributed by atoms with van der Waals surface area (Å²) in [5, 5.41) is 11.3. The minimum absolute atomic E-state index is 0.0954. The Hall–Kier alpha value is -1.04. The summed E-state index contributed by atoms with van der Waals surface area (Å²) < 4.78 is 35.2. The molecule has 0 aromatic rings. The molecule has 0 aliphatic rings. The summed E-state index contributed by atoms with van der Waals surface area (Å²) >= 11 is 0. The highest BCUT2D eigenvalue weighted by Gasteiger charge is 2.25. The number of alkyl halides is 3. The number of halogens is 3. The topological polar surface area (TPSA) is 49.3 Å². The first-order valence-electron chi connectivity index (χ1n) is 4.99. The van der Waals surface area contributed by atoms with Gasteiger partial charge in [0.2, 0.25) is 0 Å². The van der Waals surface area contributed by atoms with Crippen molar-refractivity contribution in [3.05, 3.63) is 11.6 Å². The third-order valence-electron chi connectivity index (χ3n) is 1.84.